The Morgan fingerprint density at radius 2 is 2.09 bits per heavy atom. The van der Waals surface area contributed by atoms with Gasteiger partial charge in [-0.1, -0.05) is 30.3 Å². The van der Waals surface area contributed by atoms with Crippen LogP contribution in [0.2, 0.25) is 0 Å². The molecule has 2 atom stereocenters. The van der Waals surface area contributed by atoms with E-state index in [-0.39, 0.29) is 12.5 Å². The van der Waals surface area contributed by atoms with Crippen LogP contribution >= 0.6 is 0 Å². The SMILES string of the molecule is CN(CC1CCCO1)C(=O)NC(Cc1ccccc1)C(F)(F)F. The van der Waals surface area contributed by atoms with Gasteiger partial charge in [0.2, 0.25) is 0 Å². The first-order valence-electron chi connectivity index (χ1n) is 7.60. The number of hydrogen-bond donors (Lipinski definition) is 1. The van der Waals surface area contributed by atoms with Crippen molar-refractivity contribution in [2.75, 3.05) is 20.2 Å². The molecular weight excluding hydrogens is 309 g/mol. The highest BCUT2D eigenvalue weighted by molar-refractivity contribution is 5.74. The Labute approximate surface area is 133 Å². The number of halogens is 3. The molecule has 0 bridgehead atoms. The number of carbonyl (C=O) groups excluding carboxylic acids is 1. The van der Waals surface area contributed by atoms with E-state index >= 15 is 0 Å². The van der Waals surface area contributed by atoms with Crippen LogP contribution in [0.1, 0.15) is 18.4 Å². The molecule has 1 aromatic rings. The zero-order valence-electron chi connectivity index (χ0n) is 13.0. The average Bonchev–Trinajstić information content (AvgIpc) is 2.99. The number of carbonyl (C=O) groups is 1. The number of nitrogens with zero attached hydrogens (tertiary/aromatic N) is 1. The van der Waals surface area contributed by atoms with Gasteiger partial charge in [0.05, 0.1) is 6.10 Å². The number of ether oxygens (including phenoxy) is 1. The Kier molecular flexibility index (Phi) is 5.87. The quantitative estimate of drug-likeness (QED) is 0.902. The smallest absolute Gasteiger partial charge is 0.376 e. The normalized spacial score (nSPS) is 19.4. The van der Waals surface area contributed by atoms with Crippen LogP contribution in [0.5, 0.6) is 0 Å². The third kappa shape index (κ3) is 5.42. The number of likely N-dealkylation sites (N-methyl/N-ethyl adjacent to an activating group) is 1. The minimum absolute atomic E-state index is 0.0933. The van der Waals surface area contributed by atoms with Crippen molar-refractivity contribution < 1.29 is 22.7 Å². The van der Waals surface area contributed by atoms with Gasteiger partial charge in [0.15, 0.2) is 0 Å². The topological polar surface area (TPSA) is 41.6 Å². The van der Waals surface area contributed by atoms with E-state index in [0.29, 0.717) is 18.7 Å². The molecule has 2 unspecified atom stereocenters. The Balaban J connectivity index is 1.95. The van der Waals surface area contributed by atoms with Gasteiger partial charge in [0, 0.05) is 26.6 Å². The van der Waals surface area contributed by atoms with E-state index in [9.17, 15) is 18.0 Å². The molecule has 1 fully saturated rings. The molecule has 2 rings (SSSR count). The maximum Gasteiger partial charge on any atom is 0.408 e. The molecule has 0 spiro atoms. The second-order valence-corrected chi connectivity index (χ2v) is 5.75. The van der Waals surface area contributed by atoms with Crippen LogP contribution in [0.3, 0.4) is 0 Å². The Bertz CT molecular complexity index is 502. The molecule has 7 heteroatoms. The van der Waals surface area contributed by atoms with Crippen molar-refractivity contribution in [1.82, 2.24) is 10.2 Å². The molecule has 128 valence electrons. The second-order valence-electron chi connectivity index (χ2n) is 5.75. The van der Waals surface area contributed by atoms with Crippen molar-refractivity contribution in [3.63, 3.8) is 0 Å². The molecular formula is C16H21F3N2O2. The number of rotatable bonds is 5. The summed E-state index contributed by atoms with van der Waals surface area (Å²) in [6.45, 7) is 0.932. The fourth-order valence-electron chi connectivity index (χ4n) is 2.53. The summed E-state index contributed by atoms with van der Waals surface area (Å²) >= 11 is 0. The molecule has 1 aromatic carbocycles. The minimum Gasteiger partial charge on any atom is -0.376 e. The fourth-order valence-corrected chi connectivity index (χ4v) is 2.53. The number of hydrogen-bond acceptors (Lipinski definition) is 2. The zero-order chi connectivity index (χ0) is 16.9. The molecule has 0 saturated carbocycles. The van der Waals surface area contributed by atoms with E-state index in [1.165, 1.54) is 11.9 Å². The Morgan fingerprint density at radius 3 is 2.65 bits per heavy atom. The molecule has 1 aliphatic rings. The van der Waals surface area contributed by atoms with Gasteiger partial charge in [0.1, 0.15) is 6.04 Å². The van der Waals surface area contributed by atoms with Crippen LogP contribution < -0.4 is 5.32 Å². The van der Waals surface area contributed by atoms with Crippen LogP contribution in [0.4, 0.5) is 18.0 Å². The van der Waals surface area contributed by atoms with Gasteiger partial charge in [-0.25, -0.2) is 4.79 Å². The third-order valence-electron chi connectivity index (χ3n) is 3.82. The third-order valence-corrected chi connectivity index (χ3v) is 3.82. The minimum atomic E-state index is -4.50. The van der Waals surface area contributed by atoms with Crippen molar-refractivity contribution in [3.8, 4) is 0 Å². The lowest BCUT2D eigenvalue weighted by molar-refractivity contribution is -0.153. The van der Waals surface area contributed by atoms with Crippen LogP contribution in [-0.2, 0) is 11.2 Å². The zero-order valence-corrected chi connectivity index (χ0v) is 13.0. The predicted molar refractivity (Wildman–Crippen MR) is 80.1 cm³/mol. The van der Waals surface area contributed by atoms with Crippen molar-refractivity contribution in [2.45, 2.75) is 37.6 Å². The van der Waals surface area contributed by atoms with Crippen molar-refractivity contribution in [1.29, 1.82) is 0 Å². The maximum atomic E-state index is 13.2. The van der Waals surface area contributed by atoms with Gasteiger partial charge in [-0.05, 0) is 18.4 Å². The summed E-state index contributed by atoms with van der Waals surface area (Å²) in [7, 11) is 1.48. The predicted octanol–water partition coefficient (Wildman–Crippen LogP) is 2.98. The van der Waals surface area contributed by atoms with Gasteiger partial charge < -0.3 is 15.0 Å². The number of nitrogens with one attached hydrogen (secondary N) is 1. The van der Waals surface area contributed by atoms with Gasteiger partial charge >= 0.3 is 12.2 Å². The number of urea groups is 1. The molecule has 0 aromatic heterocycles. The summed E-state index contributed by atoms with van der Waals surface area (Å²) in [5, 5.41) is 2.09. The van der Waals surface area contributed by atoms with Crippen molar-refractivity contribution >= 4 is 6.03 Å². The summed E-state index contributed by atoms with van der Waals surface area (Å²) in [5.74, 6) is 0. The lowest BCUT2D eigenvalue weighted by Crippen LogP contribution is -2.51. The van der Waals surface area contributed by atoms with E-state index in [4.69, 9.17) is 4.74 Å². The molecule has 0 radical (unpaired) electrons. The summed E-state index contributed by atoms with van der Waals surface area (Å²) in [5.41, 5.74) is 0.525. The standard InChI is InChI=1S/C16H21F3N2O2/c1-21(11-13-8-5-9-23-13)15(22)20-14(16(17,18)19)10-12-6-3-2-4-7-12/h2-4,6-7,13-14H,5,8-11H2,1H3,(H,20,22). The number of alkyl halides is 3. The van der Waals surface area contributed by atoms with E-state index in [1.807, 2.05) is 0 Å². The molecule has 1 N–H and O–H groups in total. The highest BCUT2D eigenvalue weighted by Crippen LogP contribution is 2.23. The number of amides is 2. The maximum absolute atomic E-state index is 13.2. The fraction of sp³-hybridized carbons (Fsp3) is 0.562. The van der Waals surface area contributed by atoms with Crippen LogP contribution in [0, 0.1) is 0 Å². The molecule has 4 nitrogen and oxygen atoms in total. The van der Waals surface area contributed by atoms with Crippen molar-refractivity contribution in [3.05, 3.63) is 35.9 Å². The molecule has 1 heterocycles. The molecule has 2 amide bonds. The largest absolute Gasteiger partial charge is 0.408 e. The van der Waals surface area contributed by atoms with Crippen LogP contribution in [0.25, 0.3) is 0 Å². The van der Waals surface area contributed by atoms with Crippen LogP contribution in [0.15, 0.2) is 30.3 Å². The second kappa shape index (κ2) is 7.68. The highest BCUT2D eigenvalue weighted by Gasteiger charge is 2.41. The molecule has 1 aliphatic heterocycles. The lowest BCUT2D eigenvalue weighted by atomic mass is 10.1. The lowest BCUT2D eigenvalue weighted by Gasteiger charge is -2.26. The van der Waals surface area contributed by atoms with E-state index < -0.39 is 18.2 Å². The monoisotopic (exact) mass is 330 g/mol. The summed E-state index contributed by atoms with van der Waals surface area (Å²) in [4.78, 5) is 13.3. The van der Waals surface area contributed by atoms with Gasteiger partial charge in [-0.15, -0.1) is 0 Å². The first-order valence-corrected chi connectivity index (χ1v) is 7.60. The summed E-state index contributed by atoms with van der Waals surface area (Å²) < 4.78 is 44.9. The molecule has 1 saturated heterocycles. The van der Waals surface area contributed by atoms with Gasteiger partial charge in [0.25, 0.3) is 0 Å². The van der Waals surface area contributed by atoms with Gasteiger partial charge in [-0.3, -0.25) is 0 Å². The first kappa shape index (κ1) is 17.6. The van der Waals surface area contributed by atoms with E-state index in [0.717, 1.165) is 12.8 Å². The number of benzene rings is 1. The van der Waals surface area contributed by atoms with Crippen LogP contribution in [-0.4, -0.2) is 49.5 Å². The van der Waals surface area contributed by atoms with Gasteiger partial charge in [-0.2, -0.15) is 13.2 Å². The molecule has 0 aliphatic carbocycles. The average molecular weight is 330 g/mol. The molecule has 23 heavy (non-hydrogen) atoms. The van der Waals surface area contributed by atoms with E-state index in [1.54, 1.807) is 30.3 Å². The van der Waals surface area contributed by atoms with Crippen molar-refractivity contribution in [2.24, 2.45) is 0 Å². The van der Waals surface area contributed by atoms with E-state index in [2.05, 4.69) is 5.32 Å². The first-order chi connectivity index (χ1) is 10.9. The summed E-state index contributed by atoms with van der Waals surface area (Å²) in [6, 6.07) is 5.66. The highest BCUT2D eigenvalue weighted by atomic mass is 19.4. The Hall–Kier alpha value is -1.76. The summed E-state index contributed by atoms with van der Waals surface area (Å²) in [6.07, 6.45) is -3.15. The Morgan fingerprint density at radius 1 is 1.39 bits per heavy atom.